The van der Waals surface area contributed by atoms with E-state index in [1.807, 2.05) is 30.3 Å². The standard InChI is InChI=1S/C19H17NO4/c1-24-15-9-7-14(8-10-15)18(22)17-16(21)12-20(19(17)23)11-13-5-3-2-4-6-13/h2-10,22H,11-12H2,1H3/b18-17-. The van der Waals surface area contributed by atoms with Gasteiger partial charge in [-0.05, 0) is 29.8 Å². The maximum atomic E-state index is 12.5. The molecule has 1 saturated heterocycles. The van der Waals surface area contributed by atoms with E-state index < -0.39 is 5.91 Å². The van der Waals surface area contributed by atoms with E-state index in [1.54, 1.807) is 31.4 Å². The van der Waals surface area contributed by atoms with Gasteiger partial charge in [0.2, 0.25) is 0 Å². The minimum atomic E-state index is -0.447. The lowest BCUT2D eigenvalue weighted by molar-refractivity contribution is -0.125. The minimum absolute atomic E-state index is 0.0245. The Bertz CT molecular complexity index is 794. The number of Topliss-reactive ketones (excluding diaryl/α,β-unsaturated/α-hetero) is 1. The molecule has 3 rings (SSSR count). The van der Waals surface area contributed by atoms with Gasteiger partial charge in [0.1, 0.15) is 17.1 Å². The number of hydrogen-bond acceptors (Lipinski definition) is 4. The molecule has 5 nitrogen and oxygen atoms in total. The normalized spacial score (nSPS) is 16.5. The number of aliphatic hydroxyl groups is 1. The van der Waals surface area contributed by atoms with Crippen molar-refractivity contribution in [3.8, 4) is 5.75 Å². The topological polar surface area (TPSA) is 66.8 Å². The molecular weight excluding hydrogens is 306 g/mol. The Morgan fingerprint density at radius 3 is 2.38 bits per heavy atom. The second-order valence-corrected chi connectivity index (χ2v) is 5.52. The fourth-order valence-corrected chi connectivity index (χ4v) is 2.66. The minimum Gasteiger partial charge on any atom is -0.506 e. The van der Waals surface area contributed by atoms with Gasteiger partial charge in [0.15, 0.2) is 5.78 Å². The Morgan fingerprint density at radius 1 is 1.08 bits per heavy atom. The van der Waals surface area contributed by atoms with E-state index in [9.17, 15) is 14.7 Å². The highest BCUT2D eigenvalue weighted by Crippen LogP contribution is 2.25. The molecule has 1 aliphatic heterocycles. The summed E-state index contributed by atoms with van der Waals surface area (Å²) < 4.78 is 5.06. The van der Waals surface area contributed by atoms with Crippen LogP contribution in [0.25, 0.3) is 5.76 Å². The zero-order valence-electron chi connectivity index (χ0n) is 13.2. The van der Waals surface area contributed by atoms with Crippen LogP contribution in [0.5, 0.6) is 5.75 Å². The molecule has 0 spiro atoms. The van der Waals surface area contributed by atoms with Gasteiger partial charge in [-0.25, -0.2) is 0 Å². The molecule has 122 valence electrons. The molecular formula is C19H17NO4. The smallest absolute Gasteiger partial charge is 0.262 e. The molecule has 5 heteroatoms. The molecule has 0 bridgehead atoms. The molecule has 0 saturated carbocycles. The van der Waals surface area contributed by atoms with Crippen molar-refractivity contribution in [3.05, 3.63) is 71.3 Å². The summed E-state index contributed by atoms with van der Waals surface area (Å²) >= 11 is 0. The first-order chi connectivity index (χ1) is 11.6. The molecule has 0 unspecified atom stereocenters. The lowest BCUT2D eigenvalue weighted by Crippen LogP contribution is -2.25. The quantitative estimate of drug-likeness (QED) is 0.533. The van der Waals surface area contributed by atoms with Gasteiger partial charge in [0, 0.05) is 12.1 Å². The first kappa shape index (κ1) is 15.8. The summed E-state index contributed by atoms with van der Waals surface area (Å²) in [7, 11) is 1.54. The first-order valence-electron chi connectivity index (χ1n) is 7.54. The lowest BCUT2D eigenvalue weighted by Gasteiger charge is -2.14. The van der Waals surface area contributed by atoms with Crippen LogP contribution >= 0.6 is 0 Å². The Hall–Kier alpha value is -3.08. The monoisotopic (exact) mass is 323 g/mol. The van der Waals surface area contributed by atoms with E-state index in [-0.39, 0.29) is 23.7 Å². The van der Waals surface area contributed by atoms with Crippen LogP contribution < -0.4 is 4.74 Å². The summed E-state index contributed by atoms with van der Waals surface area (Å²) in [6.45, 7) is 0.314. The van der Waals surface area contributed by atoms with Gasteiger partial charge in [-0.15, -0.1) is 0 Å². The molecule has 0 aliphatic carbocycles. The summed E-state index contributed by atoms with van der Waals surface area (Å²) in [5.74, 6) is -0.476. The fourth-order valence-electron chi connectivity index (χ4n) is 2.66. The molecule has 2 aromatic carbocycles. The summed E-state index contributed by atoms with van der Waals surface area (Å²) in [6.07, 6.45) is 0. The van der Waals surface area contributed by atoms with Crippen molar-refractivity contribution in [1.82, 2.24) is 4.90 Å². The third kappa shape index (κ3) is 3.01. The van der Waals surface area contributed by atoms with Crippen LogP contribution in [-0.2, 0) is 16.1 Å². The van der Waals surface area contributed by atoms with E-state index >= 15 is 0 Å². The number of carbonyl (C=O) groups is 2. The Morgan fingerprint density at radius 2 is 1.75 bits per heavy atom. The second kappa shape index (κ2) is 6.58. The molecule has 1 aliphatic rings. The number of methoxy groups -OCH3 is 1. The number of amides is 1. The van der Waals surface area contributed by atoms with Gasteiger partial charge in [0.05, 0.1) is 13.7 Å². The number of ketones is 1. The Labute approximate surface area is 139 Å². The highest BCUT2D eigenvalue weighted by molar-refractivity contribution is 6.28. The molecule has 1 N–H and O–H groups in total. The predicted octanol–water partition coefficient (Wildman–Crippen LogP) is 2.58. The largest absolute Gasteiger partial charge is 0.506 e. The van der Waals surface area contributed by atoms with Gasteiger partial charge in [-0.3, -0.25) is 9.59 Å². The summed E-state index contributed by atoms with van der Waals surface area (Å²) in [5.41, 5.74) is 1.19. The maximum Gasteiger partial charge on any atom is 0.262 e. The molecule has 1 amide bonds. The number of likely N-dealkylation sites (tertiary alicyclic amines) is 1. The average molecular weight is 323 g/mol. The number of nitrogens with zero attached hydrogens (tertiary/aromatic N) is 1. The van der Waals surface area contributed by atoms with Crippen LogP contribution in [0, 0.1) is 0 Å². The van der Waals surface area contributed by atoms with Gasteiger partial charge in [-0.2, -0.15) is 0 Å². The first-order valence-corrected chi connectivity index (χ1v) is 7.54. The van der Waals surface area contributed by atoms with Gasteiger partial charge in [0.25, 0.3) is 5.91 Å². The Balaban J connectivity index is 1.87. The van der Waals surface area contributed by atoms with E-state index in [0.717, 1.165) is 5.56 Å². The van der Waals surface area contributed by atoms with Crippen molar-refractivity contribution in [3.63, 3.8) is 0 Å². The van der Waals surface area contributed by atoms with Crippen LogP contribution in [-0.4, -0.2) is 35.4 Å². The number of aliphatic hydroxyl groups excluding tert-OH is 1. The summed E-state index contributed by atoms with van der Waals surface area (Å²) in [5, 5.41) is 10.4. The van der Waals surface area contributed by atoms with Crippen LogP contribution in [0.3, 0.4) is 0 Å². The molecule has 2 aromatic rings. The van der Waals surface area contributed by atoms with Crippen LogP contribution in [0.2, 0.25) is 0 Å². The number of rotatable bonds is 4. The van der Waals surface area contributed by atoms with Crippen molar-refractivity contribution in [2.45, 2.75) is 6.54 Å². The highest BCUT2D eigenvalue weighted by atomic mass is 16.5. The molecule has 1 fully saturated rings. The zero-order chi connectivity index (χ0) is 17.1. The average Bonchev–Trinajstić information content (AvgIpc) is 2.89. The van der Waals surface area contributed by atoms with Gasteiger partial charge >= 0.3 is 0 Å². The molecule has 0 aromatic heterocycles. The Kier molecular flexibility index (Phi) is 4.33. The van der Waals surface area contributed by atoms with Crippen molar-refractivity contribution in [2.75, 3.05) is 13.7 Å². The summed E-state index contributed by atoms with van der Waals surface area (Å²) in [6, 6.07) is 16.0. The van der Waals surface area contributed by atoms with Crippen molar-refractivity contribution < 1.29 is 19.4 Å². The third-order valence-corrected chi connectivity index (χ3v) is 3.93. The molecule has 0 atom stereocenters. The van der Waals surface area contributed by atoms with Crippen LogP contribution in [0.4, 0.5) is 0 Å². The van der Waals surface area contributed by atoms with E-state index in [2.05, 4.69) is 0 Å². The third-order valence-electron chi connectivity index (χ3n) is 3.93. The van der Waals surface area contributed by atoms with E-state index in [4.69, 9.17) is 4.74 Å². The SMILES string of the molecule is COc1ccc(/C(O)=C2\C(=O)CN(Cc3ccccc3)C2=O)cc1. The number of carbonyl (C=O) groups excluding carboxylic acids is 2. The van der Waals surface area contributed by atoms with E-state index in [1.165, 1.54) is 4.90 Å². The van der Waals surface area contributed by atoms with Crippen molar-refractivity contribution in [2.24, 2.45) is 0 Å². The summed E-state index contributed by atoms with van der Waals surface area (Å²) in [4.78, 5) is 26.2. The van der Waals surface area contributed by atoms with Crippen LogP contribution in [0.1, 0.15) is 11.1 Å². The number of ether oxygens (including phenoxy) is 1. The predicted molar refractivity (Wildman–Crippen MR) is 89.4 cm³/mol. The fraction of sp³-hybridized carbons (Fsp3) is 0.158. The number of benzene rings is 2. The second-order valence-electron chi connectivity index (χ2n) is 5.52. The molecule has 1 heterocycles. The maximum absolute atomic E-state index is 12.5. The zero-order valence-corrected chi connectivity index (χ0v) is 13.2. The van der Waals surface area contributed by atoms with Crippen LogP contribution in [0.15, 0.2) is 60.2 Å². The van der Waals surface area contributed by atoms with Crippen molar-refractivity contribution in [1.29, 1.82) is 0 Å². The van der Waals surface area contributed by atoms with Crippen molar-refractivity contribution >= 4 is 17.4 Å². The lowest BCUT2D eigenvalue weighted by atomic mass is 10.1. The molecule has 24 heavy (non-hydrogen) atoms. The number of hydrogen-bond donors (Lipinski definition) is 1. The molecule has 0 radical (unpaired) electrons. The van der Waals surface area contributed by atoms with Gasteiger partial charge < -0.3 is 14.7 Å². The van der Waals surface area contributed by atoms with Gasteiger partial charge in [-0.1, -0.05) is 30.3 Å². The van der Waals surface area contributed by atoms with E-state index in [0.29, 0.717) is 17.9 Å². The highest BCUT2D eigenvalue weighted by Gasteiger charge is 2.36.